The van der Waals surface area contributed by atoms with Crippen molar-refractivity contribution in [3.63, 3.8) is 0 Å². The van der Waals surface area contributed by atoms with Crippen LogP contribution < -0.4 is 5.32 Å². The van der Waals surface area contributed by atoms with E-state index in [1.54, 1.807) is 6.07 Å². The molecular weight excluding hydrogens is 398 g/mol. The average Bonchev–Trinajstić information content (AvgIpc) is 3.26. The quantitative estimate of drug-likeness (QED) is 0.637. The van der Waals surface area contributed by atoms with E-state index in [9.17, 15) is 4.79 Å². The Morgan fingerprint density at radius 1 is 1.10 bits per heavy atom. The molecule has 1 fully saturated rings. The fraction of sp³-hybridized carbons (Fsp3) is 0.304. The zero-order chi connectivity index (χ0) is 20.9. The smallest absolute Gasteiger partial charge is 0.269 e. The molecule has 2 aromatic carbocycles. The van der Waals surface area contributed by atoms with Crippen molar-refractivity contribution in [2.75, 3.05) is 39.8 Å². The predicted octanol–water partition coefficient (Wildman–Crippen LogP) is 3.45. The maximum Gasteiger partial charge on any atom is 0.269 e. The lowest BCUT2D eigenvalue weighted by atomic mass is 10.1. The number of amides is 1. The Morgan fingerprint density at radius 2 is 1.87 bits per heavy atom. The number of hydrogen-bond donors (Lipinski definition) is 2. The van der Waals surface area contributed by atoms with E-state index in [2.05, 4.69) is 44.5 Å². The van der Waals surface area contributed by atoms with Gasteiger partial charge in [-0.25, -0.2) is 0 Å². The molecular formula is C23H26ClN5O. The molecule has 1 aliphatic heterocycles. The van der Waals surface area contributed by atoms with Crippen molar-refractivity contribution in [1.82, 2.24) is 25.3 Å². The Morgan fingerprint density at radius 3 is 2.60 bits per heavy atom. The highest BCUT2D eigenvalue weighted by Crippen LogP contribution is 2.22. The van der Waals surface area contributed by atoms with Crippen LogP contribution in [0.15, 0.2) is 60.7 Å². The molecule has 1 amide bonds. The highest BCUT2D eigenvalue weighted by atomic mass is 35.5. The molecule has 30 heavy (non-hydrogen) atoms. The van der Waals surface area contributed by atoms with Gasteiger partial charge in [-0.2, -0.15) is 5.10 Å². The van der Waals surface area contributed by atoms with E-state index in [4.69, 9.17) is 11.6 Å². The monoisotopic (exact) mass is 423 g/mol. The summed E-state index contributed by atoms with van der Waals surface area (Å²) in [6.07, 6.45) is 0. The molecule has 0 radical (unpaired) electrons. The number of carbonyl (C=O) groups is 1. The van der Waals surface area contributed by atoms with Gasteiger partial charge in [0.2, 0.25) is 0 Å². The highest BCUT2D eigenvalue weighted by Gasteiger charge is 2.22. The third-order valence-corrected chi connectivity index (χ3v) is 5.72. The van der Waals surface area contributed by atoms with Crippen molar-refractivity contribution in [1.29, 1.82) is 0 Å². The Hall–Kier alpha value is -2.67. The van der Waals surface area contributed by atoms with Crippen LogP contribution in [-0.2, 0) is 0 Å². The zero-order valence-corrected chi connectivity index (χ0v) is 17.8. The van der Waals surface area contributed by atoms with Gasteiger partial charge in [-0.15, -0.1) is 0 Å². The van der Waals surface area contributed by atoms with E-state index in [1.165, 1.54) is 0 Å². The van der Waals surface area contributed by atoms with Gasteiger partial charge in [-0.3, -0.25) is 14.8 Å². The minimum absolute atomic E-state index is 0.0972. The standard InChI is InChI=1S/C23H26ClN5O/c1-28-10-12-29(13-11-28)16-22(17-6-3-2-4-7-17)25-23(30)21-15-20(26-27-21)18-8-5-9-19(24)14-18/h2-9,14-15,22H,10-13,16H2,1H3,(H,25,30)(H,26,27). The lowest BCUT2D eigenvalue weighted by molar-refractivity contribution is 0.0902. The SMILES string of the molecule is CN1CCN(CC(NC(=O)c2cc(-c3cccc(Cl)c3)n[nH]2)c2ccccc2)CC1. The summed E-state index contributed by atoms with van der Waals surface area (Å²) in [5.41, 5.74) is 3.09. The van der Waals surface area contributed by atoms with Crippen molar-refractivity contribution in [3.05, 3.63) is 76.9 Å². The third kappa shape index (κ3) is 5.08. The minimum atomic E-state index is -0.168. The first kappa shape index (κ1) is 20.6. The second-order valence-electron chi connectivity index (χ2n) is 7.72. The second-order valence-corrected chi connectivity index (χ2v) is 8.15. The Labute approximate surface area is 181 Å². The largest absolute Gasteiger partial charge is 0.343 e. The number of H-pyrrole nitrogens is 1. The fourth-order valence-electron chi connectivity index (χ4n) is 3.68. The normalized spacial score (nSPS) is 16.3. The molecule has 1 unspecified atom stereocenters. The van der Waals surface area contributed by atoms with E-state index in [1.807, 2.05) is 42.5 Å². The van der Waals surface area contributed by atoms with E-state index in [0.717, 1.165) is 43.9 Å². The van der Waals surface area contributed by atoms with Crippen LogP contribution in [0.4, 0.5) is 0 Å². The Bertz CT molecular complexity index is 982. The third-order valence-electron chi connectivity index (χ3n) is 5.49. The predicted molar refractivity (Wildman–Crippen MR) is 120 cm³/mol. The summed E-state index contributed by atoms with van der Waals surface area (Å²) in [6, 6.07) is 19.2. The molecule has 0 aliphatic carbocycles. The summed E-state index contributed by atoms with van der Waals surface area (Å²) in [6.45, 7) is 4.86. The van der Waals surface area contributed by atoms with Gasteiger partial charge < -0.3 is 10.2 Å². The number of halogens is 1. The van der Waals surface area contributed by atoms with E-state index in [-0.39, 0.29) is 11.9 Å². The number of rotatable bonds is 6. The number of benzene rings is 2. The topological polar surface area (TPSA) is 64.3 Å². The maximum absolute atomic E-state index is 13.0. The zero-order valence-electron chi connectivity index (χ0n) is 17.0. The molecule has 1 saturated heterocycles. The minimum Gasteiger partial charge on any atom is -0.343 e. The number of piperazine rings is 1. The number of hydrogen-bond acceptors (Lipinski definition) is 4. The van der Waals surface area contributed by atoms with E-state index >= 15 is 0 Å². The summed E-state index contributed by atoms with van der Waals surface area (Å²) in [5.74, 6) is -0.168. The molecule has 156 valence electrons. The molecule has 2 N–H and O–H groups in total. The van der Waals surface area contributed by atoms with Crippen molar-refractivity contribution < 1.29 is 4.79 Å². The summed E-state index contributed by atoms with van der Waals surface area (Å²) < 4.78 is 0. The van der Waals surface area contributed by atoms with Gasteiger partial charge in [0.15, 0.2) is 0 Å². The van der Waals surface area contributed by atoms with Gasteiger partial charge in [-0.05, 0) is 30.8 Å². The van der Waals surface area contributed by atoms with Gasteiger partial charge in [0.25, 0.3) is 5.91 Å². The lowest BCUT2D eigenvalue weighted by Crippen LogP contribution is -2.47. The van der Waals surface area contributed by atoms with Crippen LogP contribution in [0.3, 0.4) is 0 Å². The molecule has 0 spiro atoms. The van der Waals surface area contributed by atoms with Gasteiger partial charge in [-0.1, -0.05) is 54.1 Å². The summed E-state index contributed by atoms with van der Waals surface area (Å²) in [5, 5.41) is 11.0. The van der Waals surface area contributed by atoms with Crippen molar-refractivity contribution in [3.8, 4) is 11.3 Å². The Kier molecular flexibility index (Phi) is 6.47. The van der Waals surface area contributed by atoms with Crippen LogP contribution in [0.1, 0.15) is 22.1 Å². The number of aromatic nitrogens is 2. The van der Waals surface area contributed by atoms with Crippen molar-refractivity contribution in [2.45, 2.75) is 6.04 Å². The second kappa shape index (κ2) is 9.43. The number of nitrogens with zero attached hydrogens (tertiary/aromatic N) is 3. The molecule has 3 aromatic rings. The number of likely N-dealkylation sites (N-methyl/N-ethyl adjacent to an activating group) is 1. The van der Waals surface area contributed by atoms with Gasteiger partial charge in [0.1, 0.15) is 5.69 Å². The van der Waals surface area contributed by atoms with Gasteiger partial charge in [0, 0.05) is 43.3 Å². The van der Waals surface area contributed by atoms with Crippen LogP contribution in [0, 0.1) is 0 Å². The molecule has 0 saturated carbocycles. The van der Waals surface area contributed by atoms with Gasteiger partial charge in [0.05, 0.1) is 11.7 Å². The molecule has 0 bridgehead atoms. The first-order valence-electron chi connectivity index (χ1n) is 10.2. The summed E-state index contributed by atoms with van der Waals surface area (Å²) >= 11 is 6.08. The van der Waals surface area contributed by atoms with Crippen LogP contribution in [-0.4, -0.2) is 65.7 Å². The van der Waals surface area contributed by atoms with E-state index in [0.29, 0.717) is 16.4 Å². The van der Waals surface area contributed by atoms with Crippen LogP contribution in [0.2, 0.25) is 5.02 Å². The summed E-state index contributed by atoms with van der Waals surface area (Å²) in [7, 11) is 2.14. The molecule has 1 aliphatic rings. The number of nitrogens with one attached hydrogen (secondary N) is 2. The first-order chi connectivity index (χ1) is 14.6. The van der Waals surface area contributed by atoms with Crippen molar-refractivity contribution >= 4 is 17.5 Å². The maximum atomic E-state index is 13.0. The molecule has 4 rings (SSSR count). The summed E-state index contributed by atoms with van der Waals surface area (Å²) in [4.78, 5) is 17.7. The first-order valence-corrected chi connectivity index (χ1v) is 10.5. The van der Waals surface area contributed by atoms with Crippen LogP contribution >= 0.6 is 11.6 Å². The molecule has 2 heterocycles. The van der Waals surface area contributed by atoms with Crippen LogP contribution in [0.25, 0.3) is 11.3 Å². The molecule has 1 aromatic heterocycles. The number of carbonyl (C=O) groups excluding carboxylic acids is 1. The van der Waals surface area contributed by atoms with E-state index < -0.39 is 0 Å². The molecule has 1 atom stereocenters. The lowest BCUT2D eigenvalue weighted by Gasteiger charge is -2.35. The average molecular weight is 424 g/mol. The van der Waals surface area contributed by atoms with Gasteiger partial charge >= 0.3 is 0 Å². The number of aromatic amines is 1. The Balaban J connectivity index is 1.49. The molecule has 6 nitrogen and oxygen atoms in total. The molecule has 7 heteroatoms. The fourth-order valence-corrected chi connectivity index (χ4v) is 3.87. The highest BCUT2D eigenvalue weighted by molar-refractivity contribution is 6.30. The van der Waals surface area contributed by atoms with Crippen LogP contribution in [0.5, 0.6) is 0 Å². The van der Waals surface area contributed by atoms with Crippen molar-refractivity contribution in [2.24, 2.45) is 0 Å².